The van der Waals surface area contributed by atoms with Crippen molar-refractivity contribution in [3.05, 3.63) is 63.9 Å². The first-order valence-electron chi connectivity index (χ1n) is 7.86. The minimum absolute atomic E-state index is 0.0306. The molecule has 24 heavy (non-hydrogen) atoms. The molecule has 5 nitrogen and oxygen atoms in total. The monoisotopic (exact) mass is 343 g/mol. The standard InChI is InChI=1S/C18H18ClN3O2/c1-11-15(21-17(23)13-5-3-2-4-6-13)18(24)22-16(20-11)12-7-9-14(19)10-8-12/h3,5-9,14H,2,4,10H2,1H3,(H,21,23)(H,20,22,24). The summed E-state index contributed by atoms with van der Waals surface area (Å²) in [4.78, 5) is 31.7. The largest absolute Gasteiger partial charge is 0.316 e. The molecule has 1 aromatic rings. The van der Waals surface area contributed by atoms with Crippen molar-refractivity contribution in [2.24, 2.45) is 0 Å². The van der Waals surface area contributed by atoms with Gasteiger partial charge in [0.05, 0.1) is 11.1 Å². The minimum Gasteiger partial charge on any atom is -0.316 e. The SMILES string of the molecule is Cc1nc(C2=CCC(Cl)C=C2)[nH]c(=O)c1NC(=O)C1=CCCC=C1. The van der Waals surface area contributed by atoms with Gasteiger partial charge in [0.2, 0.25) is 0 Å². The zero-order valence-corrected chi connectivity index (χ0v) is 14.1. The zero-order chi connectivity index (χ0) is 17.1. The van der Waals surface area contributed by atoms with Gasteiger partial charge in [-0.1, -0.05) is 36.5 Å². The van der Waals surface area contributed by atoms with Crippen LogP contribution in [0.25, 0.3) is 5.57 Å². The van der Waals surface area contributed by atoms with Gasteiger partial charge in [-0.3, -0.25) is 9.59 Å². The molecule has 2 N–H and O–H groups in total. The van der Waals surface area contributed by atoms with Crippen LogP contribution >= 0.6 is 11.6 Å². The van der Waals surface area contributed by atoms with E-state index in [1.807, 2.05) is 30.4 Å². The summed E-state index contributed by atoms with van der Waals surface area (Å²) in [5.74, 6) is 0.183. The topological polar surface area (TPSA) is 74.8 Å². The Balaban J connectivity index is 1.84. The molecule has 1 amide bonds. The Morgan fingerprint density at radius 2 is 2.17 bits per heavy atom. The average molecular weight is 344 g/mol. The number of carbonyl (C=O) groups excluding carboxylic acids is 1. The molecule has 1 atom stereocenters. The van der Waals surface area contributed by atoms with E-state index in [0.29, 0.717) is 23.5 Å². The van der Waals surface area contributed by atoms with Gasteiger partial charge in [0, 0.05) is 11.1 Å². The summed E-state index contributed by atoms with van der Waals surface area (Å²) in [5, 5.41) is 2.63. The first-order chi connectivity index (χ1) is 11.5. The van der Waals surface area contributed by atoms with Crippen LogP contribution < -0.4 is 10.9 Å². The van der Waals surface area contributed by atoms with E-state index in [9.17, 15) is 9.59 Å². The fourth-order valence-electron chi connectivity index (χ4n) is 2.61. The second-order valence-corrected chi connectivity index (χ2v) is 6.30. The van der Waals surface area contributed by atoms with E-state index in [0.717, 1.165) is 18.4 Å². The van der Waals surface area contributed by atoms with Gasteiger partial charge in [0.25, 0.3) is 11.5 Å². The van der Waals surface area contributed by atoms with Crippen molar-refractivity contribution in [2.45, 2.75) is 31.6 Å². The molecule has 0 saturated carbocycles. The molecule has 0 radical (unpaired) electrons. The Morgan fingerprint density at radius 3 is 2.79 bits per heavy atom. The van der Waals surface area contributed by atoms with E-state index in [-0.39, 0.29) is 22.5 Å². The van der Waals surface area contributed by atoms with E-state index >= 15 is 0 Å². The van der Waals surface area contributed by atoms with Crippen LogP contribution in [0.1, 0.15) is 30.8 Å². The molecule has 0 saturated heterocycles. The van der Waals surface area contributed by atoms with Gasteiger partial charge < -0.3 is 10.3 Å². The molecule has 2 aliphatic rings. The van der Waals surface area contributed by atoms with E-state index in [4.69, 9.17) is 11.6 Å². The molecule has 1 heterocycles. The maximum Gasteiger partial charge on any atom is 0.275 e. The number of amides is 1. The van der Waals surface area contributed by atoms with E-state index < -0.39 is 0 Å². The molecular weight excluding hydrogens is 326 g/mol. The van der Waals surface area contributed by atoms with Gasteiger partial charge in [0.1, 0.15) is 11.5 Å². The van der Waals surface area contributed by atoms with E-state index in [2.05, 4.69) is 15.3 Å². The van der Waals surface area contributed by atoms with Crippen LogP contribution in [0.2, 0.25) is 0 Å². The van der Waals surface area contributed by atoms with Gasteiger partial charge in [-0.2, -0.15) is 0 Å². The van der Waals surface area contributed by atoms with Crippen LogP contribution in [-0.2, 0) is 4.79 Å². The number of anilines is 1. The summed E-state index contributed by atoms with van der Waals surface area (Å²) in [7, 11) is 0. The Labute approximate surface area is 144 Å². The predicted octanol–water partition coefficient (Wildman–Crippen LogP) is 3.24. The smallest absolute Gasteiger partial charge is 0.275 e. The lowest BCUT2D eigenvalue weighted by atomic mass is 10.1. The lowest BCUT2D eigenvalue weighted by molar-refractivity contribution is -0.112. The molecule has 1 aromatic heterocycles. The number of hydrogen-bond donors (Lipinski definition) is 2. The number of aromatic nitrogens is 2. The molecule has 0 bridgehead atoms. The lowest BCUT2D eigenvalue weighted by Crippen LogP contribution is -2.24. The number of halogens is 1. The summed E-state index contributed by atoms with van der Waals surface area (Å²) in [6, 6.07) is 0. The first-order valence-corrected chi connectivity index (χ1v) is 8.30. The van der Waals surface area contributed by atoms with E-state index in [1.54, 1.807) is 13.0 Å². The number of nitrogens with one attached hydrogen (secondary N) is 2. The summed E-state index contributed by atoms with van der Waals surface area (Å²) in [5.41, 5.74) is 1.68. The predicted molar refractivity (Wildman–Crippen MR) is 96.1 cm³/mol. The molecule has 0 fully saturated rings. The molecule has 0 aromatic carbocycles. The van der Waals surface area contributed by atoms with Gasteiger partial charge >= 0.3 is 0 Å². The Bertz CT molecular complexity index is 846. The highest BCUT2D eigenvalue weighted by Gasteiger charge is 2.16. The number of nitrogens with zero attached hydrogens (tertiary/aromatic N) is 1. The van der Waals surface area contributed by atoms with Crippen molar-refractivity contribution in [1.82, 2.24) is 9.97 Å². The molecule has 0 spiro atoms. The fraction of sp³-hybridized carbons (Fsp3) is 0.278. The highest BCUT2D eigenvalue weighted by Crippen LogP contribution is 2.21. The molecule has 1 unspecified atom stereocenters. The van der Waals surface area contributed by atoms with Crippen LogP contribution in [0, 0.1) is 6.92 Å². The van der Waals surface area contributed by atoms with Crippen molar-refractivity contribution >= 4 is 28.8 Å². The number of allylic oxidation sites excluding steroid dienone is 6. The van der Waals surface area contributed by atoms with Crippen LogP contribution in [-0.4, -0.2) is 21.3 Å². The first kappa shape index (κ1) is 16.5. The quantitative estimate of drug-likeness (QED) is 0.827. The number of alkyl halides is 1. The number of aryl methyl sites for hydroxylation is 1. The summed E-state index contributed by atoms with van der Waals surface area (Å²) in [6.45, 7) is 1.71. The van der Waals surface area contributed by atoms with E-state index in [1.165, 1.54) is 0 Å². The fourth-order valence-corrected chi connectivity index (χ4v) is 2.77. The number of hydrogen-bond acceptors (Lipinski definition) is 3. The molecular formula is C18H18ClN3O2. The van der Waals surface area contributed by atoms with Crippen molar-refractivity contribution in [3.8, 4) is 0 Å². The third-order valence-corrected chi connectivity index (χ3v) is 4.24. The van der Waals surface area contributed by atoms with Crippen molar-refractivity contribution < 1.29 is 4.79 Å². The number of rotatable bonds is 3. The normalized spacial score (nSPS) is 19.7. The lowest BCUT2D eigenvalue weighted by Gasteiger charge is -2.13. The second kappa shape index (κ2) is 7.01. The molecule has 124 valence electrons. The second-order valence-electron chi connectivity index (χ2n) is 5.74. The Morgan fingerprint density at radius 1 is 1.33 bits per heavy atom. The summed E-state index contributed by atoms with van der Waals surface area (Å²) >= 11 is 6.01. The Hall–Kier alpha value is -2.40. The van der Waals surface area contributed by atoms with Gasteiger partial charge in [-0.15, -0.1) is 11.6 Å². The van der Waals surface area contributed by atoms with Crippen LogP contribution in [0.3, 0.4) is 0 Å². The zero-order valence-electron chi connectivity index (χ0n) is 13.3. The molecule has 0 aliphatic heterocycles. The molecule has 6 heteroatoms. The van der Waals surface area contributed by atoms with Crippen LogP contribution in [0.15, 0.2) is 46.8 Å². The minimum atomic E-state index is -0.367. The number of carbonyl (C=O) groups is 1. The van der Waals surface area contributed by atoms with Gasteiger partial charge in [-0.25, -0.2) is 4.98 Å². The Kier molecular flexibility index (Phi) is 4.81. The number of H-pyrrole nitrogens is 1. The molecule has 2 aliphatic carbocycles. The third kappa shape index (κ3) is 3.57. The maximum atomic E-state index is 12.4. The van der Waals surface area contributed by atoms with Crippen molar-refractivity contribution in [3.63, 3.8) is 0 Å². The summed E-state index contributed by atoms with van der Waals surface area (Å²) in [6.07, 6.45) is 13.7. The highest BCUT2D eigenvalue weighted by atomic mass is 35.5. The average Bonchev–Trinajstić information content (AvgIpc) is 2.59. The van der Waals surface area contributed by atoms with Crippen molar-refractivity contribution in [2.75, 3.05) is 5.32 Å². The molecule has 3 rings (SSSR count). The number of aromatic amines is 1. The van der Waals surface area contributed by atoms with Crippen molar-refractivity contribution in [1.29, 1.82) is 0 Å². The van der Waals surface area contributed by atoms with Gasteiger partial charge in [0.15, 0.2) is 0 Å². The highest BCUT2D eigenvalue weighted by molar-refractivity contribution is 6.22. The summed E-state index contributed by atoms with van der Waals surface area (Å²) < 4.78 is 0. The third-order valence-electron chi connectivity index (χ3n) is 3.92. The van der Waals surface area contributed by atoms with Crippen LogP contribution in [0.4, 0.5) is 5.69 Å². The van der Waals surface area contributed by atoms with Crippen LogP contribution in [0.5, 0.6) is 0 Å². The van der Waals surface area contributed by atoms with Gasteiger partial charge in [-0.05, 0) is 26.2 Å². The maximum absolute atomic E-state index is 12.4.